The van der Waals surface area contributed by atoms with Crippen LogP contribution in [0.5, 0.6) is 0 Å². The van der Waals surface area contributed by atoms with Crippen molar-refractivity contribution in [2.75, 3.05) is 6.79 Å². The molecule has 2 aliphatic heterocycles. The molecule has 0 saturated carbocycles. The quantitative estimate of drug-likeness (QED) is 0.389. The van der Waals surface area contributed by atoms with E-state index in [0.29, 0.717) is 22.4 Å². The number of thiophene rings is 1. The molecule has 1 aromatic rings. The molecule has 2 unspecified atom stereocenters. The number of nitrogens with two attached hydrogens (primary N) is 1. The highest BCUT2D eigenvalue weighted by atomic mass is 32.1. The number of esters is 2. The Hall–Kier alpha value is -2.72. The van der Waals surface area contributed by atoms with Crippen molar-refractivity contribution < 1.29 is 33.8 Å². The molecular weight excluding hydrogens is 412 g/mol. The van der Waals surface area contributed by atoms with E-state index in [-0.39, 0.29) is 17.6 Å². The van der Waals surface area contributed by atoms with Crippen LogP contribution in [0.4, 0.5) is 0 Å². The van der Waals surface area contributed by atoms with Crippen LogP contribution in [-0.2, 0) is 23.9 Å². The molecule has 3 N–H and O–H groups in total. The predicted molar refractivity (Wildman–Crippen MR) is 107 cm³/mol. The van der Waals surface area contributed by atoms with Crippen LogP contribution in [0.3, 0.4) is 0 Å². The van der Waals surface area contributed by atoms with Crippen molar-refractivity contribution in [2.24, 2.45) is 17.1 Å². The Kier molecular flexibility index (Phi) is 5.74. The summed E-state index contributed by atoms with van der Waals surface area (Å²) < 4.78 is 10.1. The van der Waals surface area contributed by atoms with Gasteiger partial charge >= 0.3 is 11.9 Å². The van der Waals surface area contributed by atoms with Gasteiger partial charge in [0.15, 0.2) is 0 Å². The van der Waals surface area contributed by atoms with E-state index >= 15 is 0 Å². The van der Waals surface area contributed by atoms with Crippen molar-refractivity contribution >= 4 is 40.7 Å². The maximum Gasteiger partial charge on any atom is 0.358 e. The summed E-state index contributed by atoms with van der Waals surface area (Å²) in [6.45, 7) is 5.94. The fourth-order valence-corrected chi connectivity index (χ4v) is 4.48. The molecule has 2 aliphatic rings. The first-order valence-electron chi connectivity index (χ1n) is 9.40. The number of rotatable bonds is 6. The van der Waals surface area contributed by atoms with Gasteiger partial charge in [-0.05, 0) is 40.2 Å². The van der Waals surface area contributed by atoms with Gasteiger partial charge in [0.05, 0.1) is 29.0 Å². The lowest BCUT2D eigenvalue weighted by Gasteiger charge is -2.44. The van der Waals surface area contributed by atoms with E-state index in [9.17, 15) is 24.3 Å². The maximum absolute atomic E-state index is 12.8. The van der Waals surface area contributed by atoms with Crippen LogP contribution in [0.1, 0.15) is 49.4 Å². The lowest BCUT2D eigenvalue weighted by Crippen LogP contribution is -2.61. The summed E-state index contributed by atoms with van der Waals surface area (Å²) in [5.41, 5.74) is 5.42. The molecular formula is C20H24N2O7S. The summed E-state index contributed by atoms with van der Waals surface area (Å²) in [6.07, 6.45) is -0.542. The van der Waals surface area contributed by atoms with Crippen molar-refractivity contribution in [3.05, 3.63) is 27.6 Å². The van der Waals surface area contributed by atoms with Crippen molar-refractivity contribution in [3.63, 3.8) is 0 Å². The monoisotopic (exact) mass is 436 g/mol. The first-order valence-corrected chi connectivity index (χ1v) is 10.3. The molecule has 30 heavy (non-hydrogen) atoms. The van der Waals surface area contributed by atoms with Crippen molar-refractivity contribution in [2.45, 2.75) is 46.3 Å². The average Bonchev–Trinajstić information content (AvgIpc) is 3.23. The summed E-state index contributed by atoms with van der Waals surface area (Å²) in [5, 5.41) is 11.5. The predicted octanol–water partition coefficient (Wildman–Crippen LogP) is 1.26. The van der Waals surface area contributed by atoms with Gasteiger partial charge < -0.3 is 25.2 Å². The summed E-state index contributed by atoms with van der Waals surface area (Å²) in [7, 11) is 0. The van der Waals surface area contributed by atoms with Crippen LogP contribution in [0, 0.1) is 11.3 Å². The Morgan fingerprint density at radius 3 is 2.53 bits per heavy atom. The van der Waals surface area contributed by atoms with E-state index in [1.54, 1.807) is 32.2 Å². The molecule has 0 aromatic carbocycles. The number of hydrogen-bond acceptors (Lipinski definition) is 8. The third kappa shape index (κ3) is 3.84. The molecule has 0 aliphatic carbocycles. The number of ether oxygens (including phenoxy) is 2. The first kappa shape index (κ1) is 22.0. The third-order valence-electron chi connectivity index (χ3n) is 5.10. The number of β-lactam (4-membered cyclic amide) rings is 1. The summed E-state index contributed by atoms with van der Waals surface area (Å²) in [4.78, 5) is 50.6. The zero-order valence-corrected chi connectivity index (χ0v) is 17.9. The van der Waals surface area contributed by atoms with Gasteiger partial charge in [0.2, 0.25) is 18.6 Å². The third-order valence-corrected chi connectivity index (χ3v) is 6.09. The molecule has 3 rings (SSSR count). The summed E-state index contributed by atoms with van der Waals surface area (Å²) >= 11 is 1.22. The molecule has 162 valence electrons. The number of carbonyl (C=O) groups excluding carboxylic acids is 4. The molecule has 10 heteroatoms. The van der Waals surface area contributed by atoms with Crippen LogP contribution in [0.25, 0.3) is 5.57 Å². The lowest BCUT2D eigenvalue weighted by atomic mass is 9.83. The summed E-state index contributed by atoms with van der Waals surface area (Å²) in [6, 6.07) is 1.18. The Morgan fingerprint density at radius 2 is 2.00 bits per heavy atom. The molecule has 0 spiro atoms. The molecule has 0 radical (unpaired) electrons. The Labute approximate surface area is 177 Å². The second-order valence-electron chi connectivity index (χ2n) is 8.37. The zero-order valence-electron chi connectivity index (χ0n) is 17.1. The number of carbonyl (C=O) groups is 4. The highest BCUT2D eigenvalue weighted by molar-refractivity contribution is 7.11. The fourth-order valence-electron chi connectivity index (χ4n) is 3.52. The SMILES string of the molecule is C[C@@H](O)C1C(=O)N2C(C(=O)OCOC(=O)C(C)(C)C)=C(c3cc(C(N)=O)cs3)CC12. The van der Waals surface area contributed by atoms with E-state index in [2.05, 4.69) is 0 Å². The van der Waals surface area contributed by atoms with Gasteiger partial charge in [-0.3, -0.25) is 14.4 Å². The van der Waals surface area contributed by atoms with Gasteiger partial charge in [0.25, 0.3) is 0 Å². The van der Waals surface area contributed by atoms with Gasteiger partial charge in [-0.15, -0.1) is 11.3 Å². The first-order chi connectivity index (χ1) is 13.9. The van der Waals surface area contributed by atoms with Crippen molar-refractivity contribution in [3.8, 4) is 0 Å². The standard InChI is InChI=1S/C20H24N2O7S/c1-9(23)14-12-6-11(13-5-10(7-30-13)16(21)24)15(22(12)17(14)25)18(26)28-8-29-19(27)20(2,3)4/h5,7,9,12,14,23H,6,8H2,1-4H3,(H2,21,24)/t9-,12?,14?/m1/s1. The van der Waals surface area contributed by atoms with E-state index in [1.165, 1.54) is 23.2 Å². The molecule has 3 atom stereocenters. The normalized spacial score (nSPS) is 21.8. The summed E-state index contributed by atoms with van der Waals surface area (Å²) in [5.74, 6) is -2.96. The van der Waals surface area contributed by atoms with Crippen LogP contribution in [0.2, 0.25) is 0 Å². The largest absolute Gasteiger partial charge is 0.427 e. The molecule has 1 fully saturated rings. The molecule has 1 saturated heterocycles. The van der Waals surface area contributed by atoms with Gasteiger partial charge in [-0.1, -0.05) is 0 Å². The number of aliphatic hydroxyl groups is 1. The number of aliphatic hydroxyl groups excluding tert-OH is 1. The lowest BCUT2D eigenvalue weighted by molar-refractivity contribution is -0.175. The Balaban J connectivity index is 1.85. The van der Waals surface area contributed by atoms with Crippen LogP contribution >= 0.6 is 11.3 Å². The van der Waals surface area contributed by atoms with E-state index in [4.69, 9.17) is 15.2 Å². The van der Waals surface area contributed by atoms with Crippen molar-refractivity contribution in [1.82, 2.24) is 4.90 Å². The van der Waals surface area contributed by atoms with Gasteiger partial charge in [-0.2, -0.15) is 0 Å². The number of primary amides is 1. The van der Waals surface area contributed by atoms with E-state index < -0.39 is 42.1 Å². The van der Waals surface area contributed by atoms with E-state index in [0.717, 1.165) is 0 Å². The molecule has 2 amide bonds. The van der Waals surface area contributed by atoms with Crippen molar-refractivity contribution in [1.29, 1.82) is 0 Å². The minimum Gasteiger partial charge on any atom is -0.427 e. The van der Waals surface area contributed by atoms with Gasteiger partial charge in [0.1, 0.15) is 5.70 Å². The van der Waals surface area contributed by atoms with Crippen LogP contribution in [-0.4, -0.2) is 52.7 Å². The second kappa shape index (κ2) is 7.84. The van der Waals surface area contributed by atoms with Crippen LogP contribution < -0.4 is 5.73 Å². The molecule has 0 bridgehead atoms. The number of fused-ring (bicyclic) bond motifs is 1. The van der Waals surface area contributed by atoms with E-state index in [1.807, 2.05) is 0 Å². The number of hydrogen-bond donors (Lipinski definition) is 2. The second-order valence-corrected chi connectivity index (χ2v) is 9.28. The zero-order chi connectivity index (χ0) is 22.4. The smallest absolute Gasteiger partial charge is 0.358 e. The van der Waals surface area contributed by atoms with Crippen LogP contribution in [0.15, 0.2) is 17.1 Å². The number of nitrogens with zero attached hydrogens (tertiary/aromatic N) is 1. The molecule has 9 nitrogen and oxygen atoms in total. The minimum atomic E-state index is -0.868. The van der Waals surface area contributed by atoms with Gasteiger partial charge in [0, 0.05) is 15.8 Å². The highest BCUT2D eigenvalue weighted by Gasteiger charge is 2.57. The average molecular weight is 436 g/mol. The molecule has 1 aromatic heterocycles. The Bertz CT molecular complexity index is 941. The fraction of sp³-hybridized carbons (Fsp3) is 0.500. The van der Waals surface area contributed by atoms with Gasteiger partial charge in [-0.25, -0.2) is 4.79 Å². The highest BCUT2D eigenvalue weighted by Crippen LogP contribution is 2.48. The Morgan fingerprint density at radius 1 is 1.33 bits per heavy atom. The molecule has 3 heterocycles. The maximum atomic E-state index is 12.8. The topological polar surface area (TPSA) is 136 Å². The minimum absolute atomic E-state index is 0.0339. The number of amides is 2.